The Morgan fingerprint density at radius 1 is 1.80 bits per heavy atom. The summed E-state index contributed by atoms with van der Waals surface area (Å²) in [6, 6.07) is 2.06. The highest BCUT2D eigenvalue weighted by atomic mass is 79.9. The molecular formula is C8H7BrS. The molecule has 0 nitrogen and oxygen atoms in total. The third kappa shape index (κ3) is 1.62. The first-order valence-electron chi connectivity index (χ1n) is 2.94. The molecule has 0 radical (unpaired) electrons. The SMILES string of the molecule is C#CC(C)c1cc(Br)cs1. The summed E-state index contributed by atoms with van der Waals surface area (Å²) >= 11 is 5.06. The van der Waals surface area contributed by atoms with Gasteiger partial charge >= 0.3 is 0 Å². The van der Waals surface area contributed by atoms with Crippen LogP contribution in [-0.2, 0) is 0 Å². The van der Waals surface area contributed by atoms with E-state index in [4.69, 9.17) is 6.42 Å². The van der Waals surface area contributed by atoms with Crippen LogP contribution in [0.1, 0.15) is 17.7 Å². The van der Waals surface area contributed by atoms with Gasteiger partial charge in [0.25, 0.3) is 0 Å². The van der Waals surface area contributed by atoms with Gasteiger partial charge in [0.1, 0.15) is 0 Å². The normalized spacial score (nSPS) is 12.5. The van der Waals surface area contributed by atoms with E-state index in [9.17, 15) is 0 Å². The molecule has 0 aliphatic carbocycles. The molecule has 0 aliphatic heterocycles. The summed E-state index contributed by atoms with van der Waals surface area (Å²) in [5.74, 6) is 2.93. The molecule has 0 saturated carbocycles. The molecule has 1 rings (SSSR count). The molecule has 10 heavy (non-hydrogen) atoms. The average Bonchev–Trinajstić information content (AvgIpc) is 2.34. The maximum atomic E-state index is 5.25. The highest BCUT2D eigenvalue weighted by molar-refractivity contribution is 9.10. The second-order valence-electron chi connectivity index (χ2n) is 2.06. The number of thiophene rings is 1. The van der Waals surface area contributed by atoms with Crippen molar-refractivity contribution in [2.24, 2.45) is 0 Å². The van der Waals surface area contributed by atoms with Crippen molar-refractivity contribution in [2.45, 2.75) is 12.8 Å². The predicted octanol–water partition coefficient (Wildman–Crippen LogP) is 3.25. The van der Waals surface area contributed by atoms with Gasteiger partial charge in [-0.25, -0.2) is 0 Å². The van der Waals surface area contributed by atoms with Crippen LogP contribution in [0.3, 0.4) is 0 Å². The first-order chi connectivity index (χ1) is 4.74. The summed E-state index contributed by atoms with van der Waals surface area (Å²) in [5.41, 5.74) is 0. The van der Waals surface area contributed by atoms with Crippen LogP contribution in [0, 0.1) is 12.3 Å². The van der Waals surface area contributed by atoms with Crippen molar-refractivity contribution in [1.82, 2.24) is 0 Å². The maximum absolute atomic E-state index is 5.25. The van der Waals surface area contributed by atoms with E-state index in [2.05, 4.69) is 27.9 Å². The topological polar surface area (TPSA) is 0 Å². The Morgan fingerprint density at radius 2 is 2.50 bits per heavy atom. The lowest BCUT2D eigenvalue weighted by Crippen LogP contribution is -1.81. The van der Waals surface area contributed by atoms with Gasteiger partial charge in [-0.15, -0.1) is 17.8 Å². The molecule has 0 spiro atoms. The van der Waals surface area contributed by atoms with Crippen LogP contribution in [0.4, 0.5) is 0 Å². The Balaban J connectivity index is 2.87. The van der Waals surface area contributed by atoms with E-state index in [1.54, 1.807) is 11.3 Å². The molecule has 0 aromatic carbocycles. The van der Waals surface area contributed by atoms with E-state index in [1.165, 1.54) is 4.88 Å². The third-order valence-electron chi connectivity index (χ3n) is 1.26. The number of rotatable bonds is 1. The van der Waals surface area contributed by atoms with Crippen molar-refractivity contribution in [3.8, 4) is 12.3 Å². The lowest BCUT2D eigenvalue weighted by molar-refractivity contribution is 1.04. The van der Waals surface area contributed by atoms with Gasteiger partial charge in [0.15, 0.2) is 0 Å². The molecule has 1 unspecified atom stereocenters. The zero-order chi connectivity index (χ0) is 7.56. The molecule has 0 N–H and O–H groups in total. The molecule has 52 valence electrons. The van der Waals surface area contributed by atoms with Crippen molar-refractivity contribution in [2.75, 3.05) is 0 Å². The standard InChI is InChI=1S/C8H7BrS/c1-3-6(2)8-4-7(9)5-10-8/h1,4-6H,2H3. The molecule has 1 aromatic heterocycles. The monoisotopic (exact) mass is 214 g/mol. The van der Waals surface area contributed by atoms with E-state index in [0.29, 0.717) is 0 Å². The molecule has 1 heterocycles. The van der Waals surface area contributed by atoms with Gasteiger partial charge in [0.05, 0.1) is 5.92 Å². The van der Waals surface area contributed by atoms with Gasteiger partial charge in [-0.3, -0.25) is 0 Å². The Kier molecular flexibility index (Phi) is 2.53. The summed E-state index contributed by atoms with van der Waals surface area (Å²) in [5, 5.41) is 2.04. The third-order valence-corrected chi connectivity index (χ3v) is 3.14. The highest BCUT2D eigenvalue weighted by Gasteiger charge is 2.02. The van der Waals surface area contributed by atoms with E-state index in [1.807, 2.05) is 12.3 Å². The van der Waals surface area contributed by atoms with Gasteiger partial charge in [0, 0.05) is 14.7 Å². The van der Waals surface area contributed by atoms with Crippen molar-refractivity contribution in [3.05, 3.63) is 20.8 Å². The van der Waals surface area contributed by atoms with E-state index in [-0.39, 0.29) is 5.92 Å². The molecule has 2 heteroatoms. The number of hydrogen-bond acceptors (Lipinski definition) is 1. The van der Waals surface area contributed by atoms with Crippen molar-refractivity contribution >= 4 is 27.3 Å². The number of halogens is 1. The molecule has 0 saturated heterocycles. The fraction of sp³-hybridized carbons (Fsp3) is 0.250. The highest BCUT2D eigenvalue weighted by Crippen LogP contribution is 2.25. The molecule has 0 fully saturated rings. The minimum absolute atomic E-state index is 0.247. The Bertz CT molecular complexity index is 256. The quantitative estimate of drug-likeness (QED) is 0.631. The van der Waals surface area contributed by atoms with Crippen LogP contribution >= 0.6 is 27.3 Å². The Labute approximate surface area is 73.4 Å². The van der Waals surface area contributed by atoms with E-state index < -0.39 is 0 Å². The molecule has 0 amide bonds. The summed E-state index contributed by atoms with van der Waals surface area (Å²) in [4.78, 5) is 1.24. The van der Waals surface area contributed by atoms with Gasteiger partial charge in [-0.05, 0) is 28.9 Å². The van der Waals surface area contributed by atoms with Crippen molar-refractivity contribution in [3.63, 3.8) is 0 Å². The first kappa shape index (κ1) is 7.84. The first-order valence-corrected chi connectivity index (χ1v) is 4.61. The van der Waals surface area contributed by atoms with Crippen LogP contribution < -0.4 is 0 Å². The fourth-order valence-electron chi connectivity index (χ4n) is 0.637. The van der Waals surface area contributed by atoms with Gasteiger partial charge in [-0.1, -0.05) is 5.92 Å². The largest absolute Gasteiger partial charge is 0.146 e. The summed E-state index contributed by atoms with van der Waals surface area (Å²) in [7, 11) is 0. The average molecular weight is 215 g/mol. The van der Waals surface area contributed by atoms with Crippen molar-refractivity contribution < 1.29 is 0 Å². The maximum Gasteiger partial charge on any atom is 0.0515 e. The summed E-state index contributed by atoms with van der Waals surface area (Å²) in [6.07, 6.45) is 5.25. The minimum atomic E-state index is 0.247. The van der Waals surface area contributed by atoms with E-state index >= 15 is 0 Å². The van der Waals surface area contributed by atoms with Crippen molar-refractivity contribution in [1.29, 1.82) is 0 Å². The summed E-state index contributed by atoms with van der Waals surface area (Å²) in [6.45, 7) is 2.03. The van der Waals surface area contributed by atoms with Crippen LogP contribution in [0.15, 0.2) is 15.9 Å². The minimum Gasteiger partial charge on any atom is -0.146 e. The van der Waals surface area contributed by atoms with Gasteiger partial charge in [-0.2, -0.15) is 0 Å². The van der Waals surface area contributed by atoms with Crippen LogP contribution in [0.2, 0.25) is 0 Å². The van der Waals surface area contributed by atoms with Crippen LogP contribution in [-0.4, -0.2) is 0 Å². The molecular weight excluding hydrogens is 208 g/mol. The van der Waals surface area contributed by atoms with Crippen LogP contribution in [0.5, 0.6) is 0 Å². The summed E-state index contributed by atoms with van der Waals surface area (Å²) < 4.78 is 1.12. The predicted molar refractivity (Wildman–Crippen MR) is 49.3 cm³/mol. The smallest absolute Gasteiger partial charge is 0.0515 e. The molecule has 1 aromatic rings. The zero-order valence-electron chi connectivity index (χ0n) is 5.60. The Morgan fingerprint density at radius 3 is 2.90 bits per heavy atom. The lowest BCUT2D eigenvalue weighted by Gasteiger charge is -1.95. The molecule has 1 atom stereocenters. The van der Waals surface area contributed by atoms with E-state index in [0.717, 1.165) is 4.47 Å². The second kappa shape index (κ2) is 3.23. The number of terminal acetylenes is 1. The molecule has 0 bridgehead atoms. The second-order valence-corrected chi connectivity index (χ2v) is 3.91. The number of hydrogen-bond donors (Lipinski definition) is 0. The van der Waals surface area contributed by atoms with Gasteiger partial charge < -0.3 is 0 Å². The van der Waals surface area contributed by atoms with Gasteiger partial charge in [0.2, 0.25) is 0 Å². The Hall–Kier alpha value is -0.260. The van der Waals surface area contributed by atoms with Crippen LogP contribution in [0.25, 0.3) is 0 Å². The lowest BCUT2D eigenvalue weighted by atomic mass is 10.1. The zero-order valence-corrected chi connectivity index (χ0v) is 8.00. The fourth-order valence-corrected chi connectivity index (χ4v) is 2.10. The molecule has 0 aliphatic rings.